The molecule has 0 fully saturated rings. The van der Waals surface area contributed by atoms with Crippen molar-refractivity contribution >= 4 is 44.0 Å². The van der Waals surface area contributed by atoms with Crippen molar-refractivity contribution in [2.24, 2.45) is 5.92 Å². The molecule has 2 heterocycles. The third kappa shape index (κ3) is 2.52. The number of ether oxygens (including phenoxy) is 1. The van der Waals surface area contributed by atoms with Gasteiger partial charge in [-0.15, -0.1) is 11.3 Å². The maximum Gasteiger partial charge on any atom is 0.350 e. The first-order valence-electron chi connectivity index (χ1n) is 7.24. The molecule has 4 nitrogen and oxygen atoms in total. The Balaban J connectivity index is 2.28. The summed E-state index contributed by atoms with van der Waals surface area (Å²) in [4.78, 5) is 17.1. The van der Waals surface area contributed by atoms with Crippen LogP contribution in [0.4, 0.5) is 5.69 Å². The average Bonchev–Trinajstić information content (AvgIpc) is 2.91. The quantitative estimate of drug-likeness (QED) is 0.729. The van der Waals surface area contributed by atoms with Crippen LogP contribution in [0.1, 0.15) is 23.5 Å². The number of thiophene rings is 1. The van der Waals surface area contributed by atoms with Gasteiger partial charge in [-0.25, -0.2) is 4.79 Å². The van der Waals surface area contributed by atoms with Gasteiger partial charge < -0.3 is 10.1 Å². The number of carbonyl (C=O) groups is 1. The second-order valence-corrected chi connectivity index (χ2v) is 6.63. The number of aromatic nitrogens is 1. The van der Waals surface area contributed by atoms with E-state index >= 15 is 0 Å². The summed E-state index contributed by atoms with van der Waals surface area (Å²) in [7, 11) is 1.42. The maximum absolute atomic E-state index is 12.1. The minimum absolute atomic E-state index is 0.301. The summed E-state index contributed by atoms with van der Waals surface area (Å²) in [6, 6.07) is 7.96. The SMILES string of the molecule is COC(=O)c1sc2ccc3ncccc3c2c1NCC(C)C. The summed E-state index contributed by atoms with van der Waals surface area (Å²) in [5.41, 5.74) is 1.79. The number of hydrogen-bond donors (Lipinski definition) is 1. The van der Waals surface area contributed by atoms with Gasteiger partial charge in [0.15, 0.2) is 0 Å². The van der Waals surface area contributed by atoms with E-state index in [4.69, 9.17) is 4.74 Å². The minimum Gasteiger partial charge on any atom is -0.465 e. The van der Waals surface area contributed by atoms with Crippen LogP contribution in [0.25, 0.3) is 21.0 Å². The molecule has 22 heavy (non-hydrogen) atoms. The molecule has 1 N–H and O–H groups in total. The number of benzene rings is 1. The fourth-order valence-electron chi connectivity index (χ4n) is 2.46. The van der Waals surface area contributed by atoms with Crippen LogP contribution in [0.5, 0.6) is 0 Å². The van der Waals surface area contributed by atoms with Gasteiger partial charge in [-0.3, -0.25) is 4.98 Å². The van der Waals surface area contributed by atoms with Crippen molar-refractivity contribution < 1.29 is 9.53 Å². The van der Waals surface area contributed by atoms with Gasteiger partial charge in [0.25, 0.3) is 0 Å². The molecule has 1 aromatic carbocycles. The van der Waals surface area contributed by atoms with Gasteiger partial charge in [-0.2, -0.15) is 0 Å². The van der Waals surface area contributed by atoms with Crippen LogP contribution in [-0.2, 0) is 4.74 Å². The minimum atomic E-state index is -0.301. The number of hydrogen-bond acceptors (Lipinski definition) is 5. The number of methoxy groups -OCH3 is 1. The Morgan fingerprint density at radius 1 is 1.36 bits per heavy atom. The van der Waals surface area contributed by atoms with Crippen LogP contribution in [0.15, 0.2) is 30.5 Å². The van der Waals surface area contributed by atoms with Gasteiger partial charge in [-0.05, 0) is 24.1 Å². The van der Waals surface area contributed by atoms with E-state index in [0.29, 0.717) is 10.8 Å². The van der Waals surface area contributed by atoms with Crippen LogP contribution in [0.2, 0.25) is 0 Å². The molecule has 3 aromatic rings. The standard InChI is InChI=1S/C17H18N2O2S/c1-10(2)9-19-15-14-11-5-4-8-18-12(11)6-7-13(14)22-16(15)17(20)21-3/h4-8,10,19H,9H2,1-3H3. The first kappa shape index (κ1) is 14.8. The second-order valence-electron chi connectivity index (χ2n) is 5.58. The zero-order valence-electron chi connectivity index (χ0n) is 12.8. The lowest BCUT2D eigenvalue weighted by Crippen LogP contribution is -2.11. The summed E-state index contributed by atoms with van der Waals surface area (Å²) in [5, 5.41) is 5.53. The highest BCUT2D eigenvalue weighted by atomic mass is 32.1. The molecule has 0 saturated heterocycles. The lowest BCUT2D eigenvalue weighted by molar-refractivity contribution is 0.0607. The van der Waals surface area contributed by atoms with E-state index in [-0.39, 0.29) is 5.97 Å². The number of nitrogens with one attached hydrogen (secondary N) is 1. The highest BCUT2D eigenvalue weighted by Gasteiger charge is 2.20. The van der Waals surface area contributed by atoms with Crippen molar-refractivity contribution in [3.8, 4) is 0 Å². The zero-order valence-corrected chi connectivity index (χ0v) is 13.7. The monoisotopic (exact) mass is 314 g/mol. The topological polar surface area (TPSA) is 51.2 Å². The number of rotatable bonds is 4. The highest BCUT2D eigenvalue weighted by molar-refractivity contribution is 7.21. The molecule has 0 aliphatic carbocycles. The molecule has 0 unspecified atom stereocenters. The van der Waals surface area contributed by atoms with Crippen LogP contribution in [0, 0.1) is 5.92 Å². The van der Waals surface area contributed by atoms with Crippen molar-refractivity contribution in [3.05, 3.63) is 35.3 Å². The van der Waals surface area contributed by atoms with Gasteiger partial charge in [0.1, 0.15) is 4.88 Å². The Bertz CT molecular complexity index is 839. The van der Waals surface area contributed by atoms with E-state index in [1.165, 1.54) is 18.4 Å². The van der Waals surface area contributed by atoms with Crippen molar-refractivity contribution in [2.45, 2.75) is 13.8 Å². The molecule has 0 saturated carbocycles. The Morgan fingerprint density at radius 3 is 2.91 bits per heavy atom. The van der Waals surface area contributed by atoms with Gasteiger partial charge in [0.2, 0.25) is 0 Å². The van der Waals surface area contributed by atoms with Crippen LogP contribution in [0.3, 0.4) is 0 Å². The summed E-state index contributed by atoms with van der Waals surface area (Å²) < 4.78 is 6.00. The van der Waals surface area contributed by atoms with E-state index in [0.717, 1.165) is 33.2 Å². The Kier molecular flexibility index (Phi) is 3.98. The third-order valence-corrected chi connectivity index (χ3v) is 4.63. The first-order chi connectivity index (χ1) is 10.6. The van der Waals surface area contributed by atoms with Crippen LogP contribution >= 0.6 is 11.3 Å². The van der Waals surface area contributed by atoms with E-state index < -0.39 is 0 Å². The normalized spacial score (nSPS) is 11.3. The molecule has 114 valence electrons. The number of pyridine rings is 1. The van der Waals surface area contributed by atoms with Crippen molar-refractivity contribution in [1.29, 1.82) is 0 Å². The largest absolute Gasteiger partial charge is 0.465 e. The maximum atomic E-state index is 12.1. The number of esters is 1. The van der Waals surface area contributed by atoms with Gasteiger partial charge >= 0.3 is 5.97 Å². The summed E-state index contributed by atoms with van der Waals surface area (Å²) in [6.07, 6.45) is 1.78. The summed E-state index contributed by atoms with van der Waals surface area (Å²) in [6.45, 7) is 5.07. The molecule has 0 spiro atoms. The summed E-state index contributed by atoms with van der Waals surface area (Å²) >= 11 is 1.46. The third-order valence-electron chi connectivity index (χ3n) is 3.49. The fraction of sp³-hybridized carbons (Fsp3) is 0.294. The highest BCUT2D eigenvalue weighted by Crippen LogP contribution is 2.40. The van der Waals surface area contributed by atoms with Crippen LogP contribution < -0.4 is 5.32 Å². The lowest BCUT2D eigenvalue weighted by Gasteiger charge is -2.11. The van der Waals surface area contributed by atoms with E-state index in [2.05, 4.69) is 24.1 Å². The molecule has 0 aliphatic rings. The predicted octanol–water partition coefficient (Wildman–Crippen LogP) is 4.30. The molecule has 0 aliphatic heterocycles. The molecule has 0 radical (unpaired) electrons. The van der Waals surface area contributed by atoms with Crippen LogP contribution in [-0.4, -0.2) is 24.6 Å². The van der Waals surface area contributed by atoms with Crippen molar-refractivity contribution in [1.82, 2.24) is 4.98 Å². The molecular formula is C17H18N2O2S. The average molecular weight is 314 g/mol. The van der Waals surface area contributed by atoms with Crippen molar-refractivity contribution in [2.75, 3.05) is 19.0 Å². The van der Waals surface area contributed by atoms with E-state index in [9.17, 15) is 4.79 Å². The first-order valence-corrected chi connectivity index (χ1v) is 8.06. The number of carbonyl (C=O) groups excluding carboxylic acids is 1. The number of nitrogens with zero attached hydrogens (tertiary/aromatic N) is 1. The number of fused-ring (bicyclic) bond motifs is 3. The molecule has 0 amide bonds. The van der Waals surface area contributed by atoms with E-state index in [1.54, 1.807) is 6.20 Å². The van der Waals surface area contributed by atoms with Gasteiger partial charge in [0.05, 0.1) is 18.3 Å². The predicted molar refractivity (Wildman–Crippen MR) is 91.8 cm³/mol. The molecule has 2 aromatic heterocycles. The molecular weight excluding hydrogens is 296 g/mol. The number of anilines is 1. The Hall–Kier alpha value is -2.14. The van der Waals surface area contributed by atoms with Gasteiger partial charge in [0, 0.05) is 28.2 Å². The second kappa shape index (κ2) is 5.93. The zero-order chi connectivity index (χ0) is 15.7. The van der Waals surface area contributed by atoms with Gasteiger partial charge in [-0.1, -0.05) is 19.9 Å². The molecule has 3 rings (SSSR count). The Morgan fingerprint density at radius 2 is 2.18 bits per heavy atom. The smallest absolute Gasteiger partial charge is 0.350 e. The Labute approximate surface area is 133 Å². The molecule has 0 atom stereocenters. The molecule has 5 heteroatoms. The van der Waals surface area contributed by atoms with Crippen molar-refractivity contribution in [3.63, 3.8) is 0 Å². The summed E-state index contributed by atoms with van der Waals surface area (Å²) in [5.74, 6) is 0.179. The fourth-order valence-corrected chi connectivity index (χ4v) is 3.57. The molecule has 0 bridgehead atoms. The van der Waals surface area contributed by atoms with E-state index in [1.807, 2.05) is 24.3 Å². The lowest BCUT2D eigenvalue weighted by atomic mass is 10.1.